The van der Waals surface area contributed by atoms with E-state index in [0.29, 0.717) is 11.3 Å². The van der Waals surface area contributed by atoms with Gasteiger partial charge in [0.2, 0.25) is 0 Å². The summed E-state index contributed by atoms with van der Waals surface area (Å²) < 4.78 is 23.7. The molecule has 0 aliphatic carbocycles. The summed E-state index contributed by atoms with van der Waals surface area (Å²) in [5.41, 5.74) is 1.31. The first-order valence-corrected chi connectivity index (χ1v) is 6.62. The molecule has 0 atom stereocenters. The van der Waals surface area contributed by atoms with Gasteiger partial charge in [-0.3, -0.25) is 4.79 Å². The van der Waals surface area contributed by atoms with Crippen LogP contribution >= 0.6 is 0 Å². The second-order valence-electron chi connectivity index (χ2n) is 4.68. The maximum absolute atomic E-state index is 13.7. The summed E-state index contributed by atoms with van der Waals surface area (Å²) >= 11 is 0. The number of methoxy groups -OCH3 is 1. The van der Waals surface area contributed by atoms with E-state index in [4.69, 9.17) is 4.74 Å². The van der Waals surface area contributed by atoms with Crippen LogP contribution in [0.25, 0.3) is 0 Å². The van der Waals surface area contributed by atoms with Crippen LogP contribution in [-0.4, -0.2) is 18.9 Å². The number of ether oxygens (including phenoxy) is 2. The first-order chi connectivity index (χ1) is 10.5. The Morgan fingerprint density at radius 2 is 1.77 bits per heavy atom. The Labute approximate surface area is 127 Å². The Kier molecular flexibility index (Phi) is 4.88. The van der Waals surface area contributed by atoms with Crippen LogP contribution in [0.15, 0.2) is 42.5 Å². The Balaban J connectivity index is 2.02. The van der Waals surface area contributed by atoms with Crippen LogP contribution in [0.1, 0.15) is 33.2 Å². The third-order valence-electron chi connectivity index (χ3n) is 3.10. The summed E-state index contributed by atoms with van der Waals surface area (Å²) in [6.45, 7) is 1.53. The van der Waals surface area contributed by atoms with Crippen LogP contribution in [0.5, 0.6) is 5.75 Å². The van der Waals surface area contributed by atoms with Crippen molar-refractivity contribution in [3.05, 3.63) is 65.0 Å². The number of hydrogen-bond donors (Lipinski definition) is 0. The van der Waals surface area contributed by atoms with Gasteiger partial charge in [-0.15, -0.1) is 0 Å². The molecule has 0 aromatic heterocycles. The van der Waals surface area contributed by atoms with E-state index in [2.05, 4.69) is 4.74 Å². The fraction of sp³-hybridized carbons (Fsp3) is 0.176. The zero-order valence-electron chi connectivity index (χ0n) is 12.3. The lowest BCUT2D eigenvalue weighted by Crippen LogP contribution is -2.02. The molecule has 22 heavy (non-hydrogen) atoms. The summed E-state index contributed by atoms with van der Waals surface area (Å²) in [5, 5.41) is 0. The molecule has 5 heteroatoms. The number of carbonyl (C=O) groups excluding carboxylic acids is 2. The molecule has 0 radical (unpaired) electrons. The van der Waals surface area contributed by atoms with Crippen molar-refractivity contribution in [1.29, 1.82) is 0 Å². The molecule has 2 aromatic rings. The lowest BCUT2D eigenvalue weighted by molar-refractivity contribution is 0.0600. The predicted octanol–water partition coefficient (Wildman–Crippen LogP) is 3.39. The molecule has 2 rings (SSSR count). The highest BCUT2D eigenvalue weighted by Crippen LogP contribution is 2.18. The number of ketones is 1. The van der Waals surface area contributed by atoms with Crippen LogP contribution in [0, 0.1) is 5.82 Å². The van der Waals surface area contributed by atoms with Crippen LogP contribution in [0.2, 0.25) is 0 Å². The number of benzene rings is 2. The van der Waals surface area contributed by atoms with Gasteiger partial charge in [-0.2, -0.15) is 0 Å². The van der Waals surface area contributed by atoms with Gasteiger partial charge in [0.15, 0.2) is 5.78 Å². The lowest BCUT2D eigenvalue weighted by atomic mass is 10.1. The molecule has 0 spiro atoms. The maximum Gasteiger partial charge on any atom is 0.337 e. The molecule has 0 aliphatic heterocycles. The Hall–Kier alpha value is -2.69. The van der Waals surface area contributed by atoms with E-state index >= 15 is 0 Å². The smallest absolute Gasteiger partial charge is 0.337 e. The SMILES string of the molecule is COC(=O)c1ccc(COc2ccc(C(C)=O)c(F)c2)cc1. The largest absolute Gasteiger partial charge is 0.489 e. The molecule has 0 bridgehead atoms. The molecule has 0 unspecified atom stereocenters. The average Bonchev–Trinajstić information content (AvgIpc) is 2.52. The standard InChI is InChI=1S/C17H15FO4/c1-11(19)15-8-7-14(9-16(15)18)22-10-12-3-5-13(6-4-12)17(20)21-2/h3-9H,10H2,1-2H3. The van der Waals surface area contributed by atoms with Crippen molar-refractivity contribution >= 4 is 11.8 Å². The van der Waals surface area contributed by atoms with Crippen LogP contribution < -0.4 is 4.74 Å². The van der Waals surface area contributed by atoms with Gasteiger partial charge < -0.3 is 9.47 Å². The van der Waals surface area contributed by atoms with Crippen molar-refractivity contribution < 1.29 is 23.5 Å². The van der Waals surface area contributed by atoms with E-state index in [0.717, 1.165) is 5.56 Å². The van der Waals surface area contributed by atoms with E-state index < -0.39 is 11.8 Å². The first kappa shape index (κ1) is 15.7. The fourth-order valence-corrected chi connectivity index (χ4v) is 1.89. The quantitative estimate of drug-likeness (QED) is 0.627. The zero-order valence-corrected chi connectivity index (χ0v) is 12.3. The summed E-state index contributed by atoms with van der Waals surface area (Å²) in [4.78, 5) is 22.5. The van der Waals surface area contributed by atoms with Gasteiger partial charge in [0.1, 0.15) is 18.2 Å². The zero-order chi connectivity index (χ0) is 16.1. The van der Waals surface area contributed by atoms with Gasteiger partial charge in [0.25, 0.3) is 0 Å². The molecule has 0 N–H and O–H groups in total. The number of esters is 1. The minimum absolute atomic E-state index is 0.0368. The van der Waals surface area contributed by atoms with Gasteiger partial charge >= 0.3 is 5.97 Å². The van der Waals surface area contributed by atoms with Crippen LogP contribution in [0.4, 0.5) is 4.39 Å². The summed E-state index contributed by atoms with van der Waals surface area (Å²) in [7, 11) is 1.32. The molecule has 2 aromatic carbocycles. The second kappa shape index (κ2) is 6.85. The van der Waals surface area contributed by atoms with Gasteiger partial charge in [-0.1, -0.05) is 12.1 Å². The van der Waals surface area contributed by atoms with Crippen LogP contribution in [-0.2, 0) is 11.3 Å². The Morgan fingerprint density at radius 1 is 1.09 bits per heavy atom. The number of hydrogen-bond acceptors (Lipinski definition) is 4. The van der Waals surface area contributed by atoms with Gasteiger partial charge in [0, 0.05) is 6.07 Å². The summed E-state index contributed by atoms with van der Waals surface area (Å²) in [5.74, 6) is -1.01. The molecule has 0 fully saturated rings. The van der Waals surface area contributed by atoms with Crippen molar-refractivity contribution in [3.8, 4) is 5.75 Å². The number of carbonyl (C=O) groups is 2. The molecule has 0 saturated heterocycles. The third kappa shape index (κ3) is 3.69. The van der Waals surface area contributed by atoms with Crippen molar-refractivity contribution in [2.45, 2.75) is 13.5 Å². The van der Waals surface area contributed by atoms with Crippen molar-refractivity contribution in [1.82, 2.24) is 0 Å². The van der Waals surface area contributed by atoms with Gasteiger partial charge in [0.05, 0.1) is 18.2 Å². The van der Waals surface area contributed by atoms with Crippen molar-refractivity contribution in [3.63, 3.8) is 0 Å². The number of rotatable bonds is 5. The molecular formula is C17H15FO4. The minimum atomic E-state index is -0.606. The van der Waals surface area contributed by atoms with Gasteiger partial charge in [-0.05, 0) is 36.8 Å². The topological polar surface area (TPSA) is 52.6 Å². The number of halogens is 1. The van der Waals surface area contributed by atoms with Crippen molar-refractivity contribution in [2.75, 3.05) is 7.11 Å². The highest BCUT2D eigenvalue weighted by molar-refractivity contribution is 5.94. The maximum atomic E-state index is 13.7. The molecule has 0 amide bonds. The van der Waals surface area contributed by atoms with Crippen LogP contribution in [0.3, 0.4) is 0 Å². The minimum Gasteiger partial charge on any atom is -0.489 e. The number of Topliss-reactive ketones (excluding diaryl/α,β-unsaturated/α-hetero) is 1. The summed E-state index contributed by atoms with van der Waals surface area (Å²) in [6, 6.07) is 10.8. The lowest BCUT2D eigenvalue weighted by Gasteiger charge is -2.08. The molecular weight excluding hydrogens is 287 g/mol. The fourth-order valence-electron chi connectivity index (χ4n) is 1.89. The third-order valence-corrected chi connectivity index (χ3v) is 3.10. The Bertz CT molecular complexity index is 692. The van der Waals surface area contributed by atoms with Crippen molar-refractivity contribution in [2.24, 2.45) is 0 Å². The highest BCUT2D eigenvalue weighted by atomic mass is 19.1. The van der Waals surface area contributed by atoms with E-state index in [1.807, 2.05) is 0 Å². The monoisotopic (exact) mass is 302 g/mol. The predicted molar refractivity (Wildman–Crippen MR) is 78.5 cm³/mol. The first-order valence-electron chi connectivity index (χ1n) is 6.62. The van der Waals surface area contributed by atoms with E-state index in [-0.39, 0.29) is 18.0 Å². The molecule has 114 valence electrons. The van der Waals surface area contributed by atoms with E-state index in [1.54, 1.807) is 30.3 Å². The highest BCUT2D eigenvalue weighted by Gasteiger charge is 2.09. The molecule has 0 aliphatic rings. The second-order valence-corrected chi connectivity index (χ2v) is 4.68. The molecule has 0 heterocycles. The molecule has 4 nitrogen and oxygen atoms in total. The normalized spacial score (nSPS) is 10.1. The van der Waals surface area contributed by atoms with E-state index in [1.165, 1.54) is 26.2 Å². The Morgan fingerprint density at radius 3 is 2.32 bits per heavy atom. The summed E-state index contributed by atoms with van der Waals surface area (Å²) in [6.07, 6.45) is 0. The average molecular weight is 302 g/mol. The molecule has 0 saturated carbocycles. The van der Waals surface area contributed by atoms with Gasteiger partial charge in [-0.25, -0.2) is 9.18 Å². The van der Waals surface area contributed by atoms with E-state index in [9.17, 15) is 14.0 Å².